The van der Waals surface area contributed by atoms with Gasteiger partial charge < -0.3 is 0 Å². The Morgan fingerprint density at radius 2 is 1.39 bits per heavy atom. The van der Waals surface area contributed by atoms with Gasteiger partial charge >= 0.3 is 0 Å². The summed E-state index contributed by atoms with van der Waals surface area (Å²) < 4.78 is 0. The Labute approximate surface area is 164 Å². The van der Waals surface area contributed by atoms with Gasteiger partial charge in [0.1, 0.15) is 0 Å². The van der Waals surface area contributed by atoms with E-state index in [0.717, 1.165) is 28.1 Å². The Morgan fingerprint density at radius 3 is 1.93 bits per heavy atom. The largest absolute Gasteiger partial charge is 0.264 e. The molecule has 136 valence electrons. The molecule has 0 unspecified atom stereocenters. The van der Waals surface area contributed by atoms with Crippen LogP contribution in [0.3, 0.4) is 0 Å². The molecule has 2 heterocycles. The van der Waals surface area contributed by atoms with E-state index in [9.17, 15) is 0 Å². The molecule has 2 aromatic heterocycles. The number of benzene rings is 2. The summed E-state index contributed by atoms with van der Waals surface area (Å²) in [5.74, 6) is 0.528. The lowest BCUT2D eigenvalue weighted by atomic mass is 10.1. The Balaban J connectivity index is 1.74. The minimum absolute atomic E-state index is 0.528. The van der Waals surface area contributed by atoms with Crippen molar-refractivity contribution in [3.8, 4) is 22.5 Å². The van der Waals surface area contributed by atoms with Gasteiger partial charge in [0.2, 0.25) is 5.95 Å². The molecule has 0 saturated heterocycles. The molecule has 0 radical (unpaired) electrons. The molecule has 0 aliphatic rings. The molecule has 0 aliphatic heterocycles. The van der Waals surface area contributed by atoms with E-state index in [0.29, 0.717) is 5.95 Å². The average molecular weight is 365 g/mol. The van der Waals surface area contributed by atoms with Crippen LogP contribution in [0.25, 0.3) is 22.5 Å². The van der Waals surface area contributed by atoms with Crippen molar-refractivity contribution in [1.29, 1.82) is 0 Å². The highest BCUT2D eigenvalue weighted by atomic mass is 15.5. The summed E-state index contributed by atoms with van der Waals surface area (Å²) in [6, 6.07) is 26.0. The summed E-state index contributed by atoms with van der Waals surface area (Å²) in [6.07, 6.45) is 5.24. The number of nitrogens with zero attached hydrogens (tertiary/aromatic N) is 5. The quantitative estimate of drug-likeness (QED) is 0.381. The highest BCUT2D eigenvalue weighted by Crippen LogP contribution is 2.26. The summed E-state index contributed by atoms with van der Waals surface area (Å²) in [7, 11) is 1.84. The van der Waals surface area contributed by atoms with Gasteiger partial charge in [-0.3, -0.25) is 4.98 Å². The van der Waals surface area contributed by atoms with E-state index < -0.39 is 0 Å². The monoisotopic (exact) mass is 365 g/mol. The fourth-order valence-electron chi connectivity index (χ4n) is 2.75. The number of hydrogen-bond donors (Lipinski definition) is 0. The second-order valence-electron chi connectivity index (χ2n) is 6.23. The number of pyridine rings is 1. The Kier molecular flexibility index (Phi) is 5.15. The summed E-state index contributed by atoms with van der Waals surface area (Å²) in [5.41, 5.74) is 4.69. The van der Waals surface area contributed by atoms with Crippen molar-refractivity contribution in [2.45, 2.75) is 0 Å². The fraction of sp³-hybridized carbons (Fsp3) is 0.0435. The number of aromatic nitrogens is 3. The minimum atomic E-state index is 0.528. The van der Waals surface area contributed by atoms with Crippen molar-refractivity contribution < 1.29 is 0 Å². The van der Waals surface area contributed by atoms with Gasteiger partial charge in [-0.25, -0.2) is 15.0 Å². The van der Waals surface area contributed by atoms with Gasteiger partial charge in [0, 0.05) is 36.1 Å². The fourth-order valence-corrected chi connectivity index (χ4v) is 2.75. The SMILES string of the molecule is CN(/N=C/c1cccnc1)c1nc(-c2ccccc2)cc(-c2ccccc2)n1. The third-order valence-electron chi connectivity index (χ3n) is 4.21. The summed E-state index contributed by atoms with van der Waals surface area (Å²) in [5, 5.41) is 6.15. The van der Waals surface area contributed by atoms with Crippen molar-refractivity contribution in [3.63, 3.8) is 0 Å². The predicted octanol–water partition coefficient (Wildman–Crippen LogP) is 4.68. The Hall–Kier alpha value is -3.86. The molecular formula is C23H19N5. The Bertz CT molecular complexity index is 1010. The first kappa shape index (κ1) is 17.5. The van der Waals surface area contributed by atoms with Crippen LogP contribution in [-0.2, 0) is 0 Å². The molecule has 0 amide bonds. The van der Waals surface area contributed by atoms with Gasteiger partial charge in [0.05, 0.1) is 17.6 Å². The molecule has 5 nitrogen and oxygen atoms in total. The highest BCUT2D eigenvalue weighted by molar-refractivity contribution is 5.79. The molecular weight excluding hydrogens is 346 g/mol. The number of anilines is 1. The van der Waals surface area contributed by atoms with E-state index in [1.54, 1.807) is 23.6 Å². The molecule has 4 rings (SSSR count). The van der Waals surface area contributed by atoms with E-state index in [4.69, 9.17) is 9.97 Å². The summed E-state index contributed by atoms with van der Waals surface area (Å²) in [4.78, 5) is 13.6. The number of hydrogen-bond acceptors (Lipinski definition) is 5. The van der Waals surface area contributed by atoms with E-state index in [1.807, 2.05) is 85.9 Å². The van der Waals surface area contributed by atoms with Crippen LogP contribution in [0.1, 0.15) is 5.56 Å². The maximum atomic E-state index is 4.73. The lowest BCUT2D eigenvalue weighted by molar-refractivity contribution is 0.938. The lowest BCUT2D eigenvalue weighted by Gasteiger charge is -2.14. The second-order valence-corrected chi connectivity index (χ2v) is 6.23. The normalized spacial score (nSPS) is 10.9. The van der Waals surface area contributed by atoms with Crippen LogP contribution < -0.4 is 5.01 Å². The zero-order chi connectivity index (χ0) is 19.2. The first-order valence-electron chi connectivity index (χ1n) is 8.97. The first-order valence-corrected chi connectivity index (χ1v) is 8.97. The molecule has 0 N–H and O–H groups in total. The van der Waals surface area contributed by atoms with E-state index in [1.165, 1.54) is 0 Å². The molecule has 0 spiro atoms. The van der Waals surface area contributed by atoms with Gasteiger partial charge in [-0.05, 0) is 12.1 Å². The average Bonchev–Trinajstić information content (AvgIpc) is 2.79. The van der Waals surface area contributed by atoms with Gasteiger partial charge in [0.25, 0.3) is 0 Å². The molecule has 0 saturated carbocycles. The molecule has 28 heavy (non-hydrogen) atoms. The van der Waals surface area contributed by atoms with Crippen molar-refractivity contribution in [2.75, 3.05) is 12.1 Å². The highest BCUT2D eigenvalue weighted by Gasteiger charge is 2.11. The van der Waals surface area contributed by atoms with Crippen molar-refractivity contribution in [1.82, 2.24) is 15.0 Å². The molecule has 4 aromatic rings. The molecule has 0 aliphatic carbocycles. The van der Waals surface area contributed by atoms with Crippen LogP contribution >= 0.6 is 0 Å². The van der Waals surface area contributed by atoms with Crippen LogP contribution in [0.15, 0.2) is 96.4 Å². The zero-order valence-electron chi connectivity index (χ0n) is 15.5. The van der Waals surface area contributed by atoms with Crippen LogP contribution in [-0.4, -0.2) is 28.2 Å². The second kappa shape index (κ2) is 8.22. The van der Waals surface area contributed by atoms with Crippen LogP contribution in [0.5, 0.6) is 0 Å². The number of hydrazone groups is 1. The zero-order valence-corrected chi connectivity index (χ0v) is 15.5. The standard InChI is InChI=1S/C23H19N5/c1-28(25-17-18-9-8-14-24-16-18)23-26-21(19-10-4-2-5-11-19)15-22(27-23)20-12-6-3-7-13-20/h2-17H,1H3/b25-17+. The van der Waals surface area contributed by atoms with E-state index in [2.05, 4.69) is 10.1 Å². The molecule has 2 aromatic carbocycles. The minimum Gasteiger partial charge on any atom is -0.264 e. The lowest BCUT2D eigenvalue weighted by Crippen LogP contribution is -2.13. The molecule has 0 atom stereocenters. The maximum absolute atomic E-state index is 4.73. The van der Waals surface area contributed by atoms with Gasteiger partial charge in [0.15, 0.2) is 0 Å². The molecule has 0 fully saturated rings. The first-order chi connectivity index (χ1) is 13.8. The number of rotatable bonds is 5. The van der Waals surface area contributed by atoms with Crippen LogP contribution in [0.2, 0.25) is 0 Å². The third kappa shape index (κ3) is 4.10. The molecule has 5 heteroatoms. The van der Waals surface area contributed by atoms with E-state index >= 15 is 0 Å². The summed E-state index contributed by atoms with van der Waals surface area (Å²) >= 11 is 0. The van der Waals surface area contributed by atoms with Crippen molar-refractivity contribution >= 4 is 12.2 Å². The van der Waals surface area contributed by atoms with Gasteiger partial charge in [-0.2, -0.15) is 5.10 Å². The third-order valence-corrected chi connectivity index (χ3v) is 4.21. The topological polar surface area (TPSA) is 54.3 Å². The summed E-state index contributed by atoms with van der Waals surface area (Å²) in [6.45, 7) is 0. The van der Waals surface area contributed by atoms with Crippen LogP contribution in [0.4, 0.5) is 5.95 Å². The molecule has 0 bridgehead atoms. The van der Waals surface area contributed by atoms with Crippen molar-refractivity contribution in [2.24, 2.45) is 5.10 Å². The van der Waals surface area contributed by atoms with Crippen LogP contribution in [0, 0.1) is 0 Å². The predicted molar refractivity (Wildman–Crippen MR) is 113 cm³/mol. The van der Waals surface area contributed by atoms with E-state index in [-0.39, 0.29) is 0 Å². The maximum Gasteiger partial charge on any atom is 0.247 e. The van der Waals surface area contributed by atoms with Gasteiger partial charge in [-0.1, -0.05) is 66.7 Å². The Morgan fingerprint density at radius 1 is 0.786 bits per heavy atom. The smallest absolute Gasteiger partial charge is 0.247 e. The van der Waals surface area contributed by atoms with Gasteiger partial charge in [-0.15, -0.1) is 0 Å². The van der Waals surface area contributed by atoms with Crippen molar-refractivity contribution in [3.05, 3.63) is 96.8 Å².